The lowest BCUT2D eigenvalue weighted by Gasteiger charge is -2.28. The topological polar surface area (TPSA) is 33.9 Å². The van der Waals surface area contributed by atoms with Crippen molar-refractivity contribution in [3.8, 4) is 5.75 Å². The maximum absolute atomic E-state index is 11.5. The zero-order chi connectivity index (χ0) is 10.8. The molecular weight excluding hydrogens is 192 g/mol. The highest BCUT2D eigenvalue weighted by molar-refractivity contribution is 5.98. The van der Waals surface area contributed by atoms with Crippen LogP contribution in [0.25, 0.3) is 4.85 Å². The highest BCUT2D eigenvalue weighted by Crippen LogP contribution is 2.35. The van der Waals surface area contributed by atoms with Crippen LogP contribution in [0.1, 0.15) is 6.92 Å². The number of benzene rings is 1. The van der Waals surface area contributed by atoms with E-state index < -0.39 is 0 Å². The van der Waals surface area contributed by atoms with Crippen LogP contribution in [0.5, 0.6) is 5.75 Å². The predicted octanol–water partition coefficient (Wildman–Crippen LogP) is 1.98. The van der Waals surface area contributed by atoms with Gasteiger partial charge in [0.2, 0.25) is 0 Å². The molecule has 1 aromatic rings. The number of carbonyl (C=O) groups excluding carboxylic acids is 1. The number of rotatable bonds is 1. The van der Waals surface area contributed by atoms with Gasteiger partial charge >= 0.3 is 0 Å². The summed E-state index contributed by atoms with van der Waals surface area (Å²) >= 11 is 0. The Kier molecular flexibility index (Phi) is 2.30. The summed E-state index contributed by atoms with van der Waals surface area (Å²) in [6.45, 7) is 9.47. The van der Waals surface area contributed by atoms with Gasteiger partial charge in [-0.05, 0) is 19.1 Å². The zero-order valence-electron chi connectivity index (χ0n) is 8.36. The van der Waals surface area contributed by atoms with Crippen molar-refractivity contribution >= 4 is 17.3 Å². The van der Waals surface area contributed by atoms with Gasteiger partial charge in [-0.2, -0.15) is 0 Å². The molecule has 0 saturated carbocycles. The normalized spacial score (nSPS) is 14.1. The van der Waals surface area contributed by atoms with Gasteiger partial charge in [0.15, 0.2) is 12.3 Å². The quantitative estimate of drug-likeness (QED) is 0.652. The molecule has 0 aliphatic carbocycles. The molecule has 4 nitrogen and oxygen atoms in total. The lowest BCUT2D eigenvalue weighted by molar-refractivity contribution is -0.121. The van der Waals surface area contributed by atoms with E-state index >= 15 is 0 Å². The summed E-state index contributed by atoms with van der Waals surface area (Å²) in [7, 11) is 0. The summed E-state index contributed by atoms with van der Waals surface area (Å²) < 4.78 is 5.28. The number of nitrogens with zero attached hydrogens (tertiary/aromatic N) is 2. The molecule has 0 radical (unpaired) electrons. The Morgan fingerprint density at radius 3 is 3.07 bits per heavy atom. The highest BCUT2D eigenvalue weighted by atomic mass is 16.5. The number of anilines is 1. The first kappa shape index (κ1) is 9.53. The van der Waals surface area contributed by atoms with E-state index in [-0.39, 0.29) is 12.5 Å². The molecule has 4 heteroatoms. The van der Waals surface area contributed by atoms with Gasteiger partial charge in [-0.3, -0.25) is 4.79 Å². The van der Waals surface area contributed by atoms with Crippen molar-refractivity contribution in [1.29, 1.82) is 0 Å². The molecule has 0 bridgehead atoms. The fourth-order valence-electron chi connectivity index (χ4n) is 1.61. The smallest absolute Gasteiger partial charge is 0.265 e. The summed E-state index contributed by atoms with van der Waals surface area (Å²) in [6, 6.07) is 5.11. The van der Waals surface area contributed by atoms with E-state index in [2.05, 4.69) is 4.85 Å². The first-order chi connectivity index (χ1) is 7.26. The summed E-state index contributed by atoms with van der Waals surface area (Å²) in [5.41, 5.74) is 1.28. The second-order valence-corrected chi connectivity index (χ2v) is 3.19. The maximum atomic E-state index is 11.5. The molecule has 1 aliphatic rings. The molecule has 15 heavy (non-hydrogen) atoms. The van der Waals surface area contributed by atoms with Crippen LogP contribution in [0.3, 0.4) is 0 Å². The molecule has 0 spiro atoms. The first-order valence-electron chi connectivity index (χ1n) is 4.71. The minimum Gasteiger partial charge on any atom is -0.483 e. The molecule has 0 N–H and O–H groups in total. The third-order valence-electron chi connectivity index (χ3n) is 2.33. The molecule has 0 aromatic heterocycles. The first-order valence-corrected chi connectivity index (χ1v) is 4.71. The van der Waals surface area contributed by atoms with Gasteiger partial charge in [0.05, 0.1) is 12.3 Å². The molecule has 0 saturated heterocycles. The van der Waals surface area contributed by atoms with Crippen molar-refractivity contribution in [1.82, 2.24) is 0 Å². The number of likely N-dealkylation sites (N-methyl/N-ethyl adjacent to an activating group) is 1. The van der Waals surface area contributed by atoms with Crippen molar-refractivity contribution in [3.63, 3.8) is 0 Å². The number of hydrogen-bond acceptors (Lipinski definition) is 2. The number of hydrogen-bond donors (Lipinski definition) is 0. The van der Waals surface area contributed by atoms with Gasteiger partial charge < -0.3 is 9.64 Å². The molecule has 1 aromatic carbocycles. The van der Waals surface area contributed by atoms with Crippen LogP contribution in [0.2, 0.25) is 0 Å². The highest BCUT2D eigenvalue weighted by Gasteiger charge is 2.23. The summed E-state index contributed by atoms with van der Waals surface area (Å²) in [6.07, 6.45) is 0. The third-order valence-corrected chi connectivity index (χ3v) is 2.33. The van der Waals surface area contributed by atoms with Gasteiger partial charge in [0, 0.05) is 6.54 Å². The van der Waals surface area contributed by atoms with Crippen LogP contribution in [-0.2, 0) is 4.79 Å². The molecule has 1 amide bonds. The number of amides is 1. The molecule has 76 valence electrons. The Morgan fingerprint density at radius 2 is 2.40 bits per heavy atom. The zero-order valence-corrected chi connectivity index (χ0v) is 8.36. The van der Waals surface area contributed by atoms with Crippen molar-refractivity contribution in [2.24, 2.45) is 0 Å². The molecule has 0 unspecified atom stereocenters. The number of carbonyl (C=O) groups is 1. The Morgan fingerprint density at radius 1 is 1.60 bits per heavy atom. The average molecular weight is 202 g/mol. The maximum Gasteiger partial charge on any atom is 0.265 e. The van der Waals surface area contributed by atoms with E-state index in [4.69, 9.17) is 11.3 Å². The Bertz CT molecular complexity index is 448. The van der Waals surface area contributed by atoms with Crippen LogP contribution in [0.4, 0.5) is 11.4 Å². The van der Waals surface area contributed by atoms with E-state index in [1.807, 2.05) is 6.92 Å². The fourth-order valence-corrected chi connectivity index (χ4v) is 1.61. The fraction of sp³-hybridized carbons (Fsp3) is 0.273. The molecule has 1 aliphatic heterocycles. The minimum absolute atomic E-state index is 0.0411. The average Bonchev–Trinajstić information content (AvgIpc) is 2.28. The summed E-state index contributed by atoms with van der Waals surface area (Å²) in [4.78, 5) is 16.5. The predicted molar refractivity (Wildman–Crippen MR) is 56.2 cm³/mol. The van der Waals surface area contributed by atoms with Crippen LogP contribution < -0.4 is 9.64 Å². The SMILES string of the molecule is [C-]#[N+]c1ccc2c(c1)OCC(=O)N2CC. The molecule has 1 heterocycles. The van der Waals surface area contributed by atoms with E-state index in [0.717, 1.165) is 5.69 Å². The third kappa shape index (κ3) is 1.52. The monoisotopic (exact) mass is 202 g/mol. The number of ether oxygens (including phenoxy) is 1. The van der Waals surface area contributed by atoms with Gasteiger partial charge in [0.25, 0.3) is 5.91 Å². The minimum atomic E-state index is -0.0411. The van der Waals surface area contributed by atoms with Gasteiger partial charge in [-0.25, -0.2) is 4.85 Å². The van der Waals surface area contributed by atoms with Crippen molar-refractivity contribution in [2.75, 3.05) is 18.1 Å². The molecule has 0 fully saturated rings. The molecule has 0 atom stereocenters. The van der Waals surface area contributed by atoms with Gasteiger partial charge in [0.1, 0.15) is 5.75 Å². The van der Waals surface area contributed by atoms with E-state index in [0.29, 0.717) is 18.0 Å². The van der Waals surface area contributed by atoms with Crippen molar-refractivity contribution < 1.29 is 9.53 Å². The van der Waals surface area contributed by atoms with Crippen LogP contribution >= 0.6 is 0 Å². The molecular formula is C11H10N2O2. The van der Waals surface area contributed by atoms with Gasteiger partial charge in [-0.1, -0.05) is 6.07 Å². The summed E-state index contributed by atoms with van der Waals surface area (Å²) in [5.74, 6) is 0.575. The van der Waals surface area contributed by atoms with Crippen molar-refractivity contribution in [3.05, 3.63) is 29.6 Å². The Labute approximate surface area is 87.9 Å². The second kappa shape index (κ2) is 3.62. The van der Waals surface area contributed by atoms with E-state index in [1.165, 1.54) is 0 Å². The van der Waals surface area contributed by atoms with E-state index in [1.54, 1.807) is 23.1 Å². The van der Waals surface area contributed by atoms with E-state index in [9.17, 15) is 4.79 Å². The Balaban J connectivity index is 2.48. The second-order valence-electron chi connectivity index (χ2n) is 3.19. The standard InChI is InChI=1S/C11H10N2O2/c1-3-13-9-5-4-8(12-2)6-10(9)15-7-11(13)14/h4-6H,3,7H2,1H3. The lowest BCUT2D eigenvalue weighted by atomic mass is 10.2. The van der Waals surface area contributed by atoms with Crippen LogP contribution in [-0.4, -0.2) is 19.1 Å². The van der Waals surface area contributed by atoms with Gasteiger partial charge in [-0.15, -0.1) is 0 Å². The van der Waals surface area contributed by atoms with Crippen molar-refractivity contribution in [2.45, 2.75) is 6.92 Å². The number of fused-ring (bicyclic) bond motifs is 1. The summed E-state index contributed by atoms with van der Waals surface area (Å²) in [5, 5.41) is 0. The van der Waals surface area contributed by atoms with Crippen LogP contribution in [0.15, 0.2) is 18.2 Å². The molecule has 2 rings (SSSR count). The Hall–Kier alpha value is -2.02. The largest absolute Gasteiger partial charge is 0.483 e. The lowest BCUT2D eigenvalue weighted by Crippen LogP contribution is -2.38. The van der Waals surface area contributed by atoms with Crippen LogP contribution in [0, 0.1) is 6.57 Å².